The number of nitrogens with one attached hydrogen (secondary N) is 1. The van der Waals surface area contributed by atoms with Crippen LogP contribution in [0, 0.1) is 23.2 Å². The molecule has 10 nitrogen and oxygen atoms in total. The lowest BCUT2D eigenvalue weighted by Gasteiger charge is -2.26. The van der Waals surface area contributed by atoms with E-state index in [1.807, 2.05) is 6.07 Å². The van der Waals surface area contributed by atoms with E-state index in [9.17, 15) is 5.26 Å². The van der Waals surface area contributed by atoms with Crippen LogP contribution in [-0.2, 0) is 9.47 Å². The molecule has 3 aromatic rings. The fourth-order valence-corrected chi connectivity index (χ4v) is 4.80. The number of morpholine rings is 1. The first-order valence-electron chi connectivity index (χ1n) is 12.8. The summed E-state index contributed by atoms with van der Waals surface area (Å²) >= 11 is 6.68. The zero-order chi connectivity index (χ0) is 27.9. The molecule has 0 aliphatic carbocycles. The second-order valence-corrected chi connectivity index (χ2v) is 9.45. The summed E-state index contributed by atoms with van der Waals surface area (Å²) in [5.41, 5.74) is 2.48. The molecule has 0 amide bonds. The highest BCUT2D eigenvalue weighted by Crippen LogP contribution is 2.48. The number of fused-ring (bicyclic) bond motifs is 2. The van der Waals surface area contributed by atoms with Crippen molar-refractivity contribution in [2.24, 2.45) is 0 Å². The summed E-state index contributed by atoms with van der Waals surface area (Å²) in [5, 5.41) is 14.2. The highest BCUT2D eigenvalue weighted by molar-refractivity contribution is 6.34. The number of rotatable bonds is 9. The van der Waals surface area contributed by atoms with Crippen molar-refractivity contribution in [1.82, 2.24) is 9.88 Å². The van der Waals surface area contributed by atoms with Gasteiger partial charge < -0.3 is 33.7 Å². The van der Waals surface area contributed by atoms with Gasteiger partial charge in [0.05, 0.1) is 54.3 Å². The van der Waals surface area contributed by atoms with Crippen LogP contribution in [0.4, 0.5) is 11.4 Å². The van der Waals surface area contributed by atoms with E-state index in [4.69, 9.17) is 40.0 Å². The summed E-state index contributed by atoms with van der Waals surface area (Å²) in [6.07, 6.45) is 2.38. The number of ether oxygens (including phenoxy) is 6. The van der Waals surface area contributed by atoms with Crippen LogP contribution < -0.4 is 24.3 Å². The van der Waals surface area contributed by atoms with Gasteiger partial charge in [-0.3, -0.25) is 9.88 Å². The summed E-state index contributed by atoms with van der Waals surface area (Å²) < 4.78 is 33.6. The number of halogens is 1. The lowest BCUT2D eigenvalue weighted by molar-refractivity contribution is 0.0357. The van der Waals surface area contributed by atoms with E-state index >= 15 is 0 Å². The van der Waals surface area contributed by atoms with Crippen LogP contribution in [0.2, 0.25) is 5.02 Å². The predicted molar refractivity (Wildman–Crippen MR) is 150 cm³/mol. The largest absolute Gasteiger partial charge is 0.493 e. The molecule has 3 heterocycles. The third kappa shape index (κ3) is 5.96. The van der Waals surface area contributed by atoms with E-state index in [2.05, 4.69) is 33.1 Å². The summed E-state index contributed by atoms with van der Waals surface area (Å²) in [6, 6.07) is 7.52. The van der Waals surface area contributed by atoms with Crippen LogP contribution in [-0.4, -0.2) is 77.0 Å². The summed E-state index contributed by atoms with van der Waals surface area (Å²) in [6.45, 7) is 5.17. The summed E-state index contributed by atoms with van der Waals surface area (Å²) in [4.78, 5) is 6.87. The van der Waals surface area contributed by atoms with Gasteiger partial charge in [-0.2, -0.15) is 5.26 Å². The highest BCUT2D eigenvalue weighted by atomic mass is 35.5. The Kier molecular flexibility index (Phi) is 8.94. The molecule has 0 spiro atoms. The monoisotopic (exact) mass is 564 g/mol. The Morgan fingerprint density at radius 3 is 2.67 bits per heavy atom. The molecule has 1 saturated heterocycles. The quantitative estimate of drug-likeness (QED) is 0.298. The van der Waals surface area contributed by atoms with E-state index in [-0.39, 0.29) is 13.4 Å². The van der Waals surface area contributed by atoms with Crippen molar-refractivity contribution in [3.8, 4) is 40.9 Å². The van der Waals surface area contributed by atoms with Crippen molar-refractivity contribution < 1.29 is 28.4 Å². The van der Waals surface area contributed by atoms with E-state index in [0.29, 0.717) is 68.0 Å². The number of nitriles is 1. The minimum atomic E-state index is 0.0194. The molecule has 2 aromatic carbocycles. The standard InChI is InChI=1S/C29H29ClN4O6/c1-35-9-3-5-19-13-22(30)27(29-28(19)39-18-40-29)33-26-20(16-31)17-32-23-15-25(24(36-2)14-21(23)26)38-10-4-6-34-7-11-37-12-8-34/h13-15,17H,4,6-12,18H2,1-2H3,(H,32,33). The van der Waals surface area contributed by atoms with Gasteiger partial charge in [0, 0.05) is 44.4 Å². The Balaban J connectivity index is 1.44. The second kappa shape index (κ2) is 12.9. The number of methoxy groups -OCH3 is 2. The SMILES string of the molecule is COCC#Cc1cc(Cl)c(Nc2c(C#N)cnc3cc(OCCCN4CCOCC4)c(OC)cc23)c2c1OCO2. The minimum Gasteiger partial charge on any atom is -0.493 e. The maximum atomic E-state index is 9.90. The number of nitrogens with zero attached hydrogens (tertiary/aromatic N) is 3. The normalized spacial score (nSPS) is 14.3. The molecule has 1 N–H and O–H groups in total. The zero-order valence-electron chi connectivity index (χ0n) is 22.3. The molecule has 40 heavy (non-hydrogen) atoms. The summed E-state index contributed by atoms with van der Waals surface area (Å²) in [5.74, 6) is 7.89. The van der Waals surface area contributed by atoms with E-state index in [1.54, 1.807) is 26.4 Å². The maximum absolute atomic E-state index is 9.90. The van der Waals surface area contributed by atoms with Gasteiger partial charge in [-0.05, 0) is 18.6 Å². The fourth-order valence-electron chi connectivity index (χ4n) is 4.56. The lowest BCUT2D eigenvalue weighted by Crippen LogP contribution is -2.37. The molecule has 0 saturated carbocycles. The van der Waals surface area contributed by atoms with Crippen LogP contribution in [0.15, 0.2) is 24.4 Å². The molecule has 2 aliphatic heterocycles. The van der Waals surface area contributed by atoms with Crippen molar-refractivity contribution in [3.63, 3.8) is 0 Å². The lowest BCUT2D eigenvalue weighted by atomic mass is 10.1. The van der Waals surface area contributed by atoms with Gasteiger partial charge in [0.25, 0.3) is 0 Å². The second-order valence-electron chi connectivity index (χ2n) is 9.04. The Labute approximate surface area is 237 Å². The Morgan fingerprint density at radius 1 is 1.07 bits per heavy atom. The van der Waals surface area contributed by atoms with Crippen LogP contribution >= 0.6 is 11.6 Å². The van der Waals surface area contributed by atoms with Crippen molar-refractivity contribution in [3.05, 3.63) is 40.5 Å². The molecule has 1 fully saturated rings. The number of hydrogen-bond donors (Lipinski definition) is 1. The topological polar surface area (TPSA) is 107 Å². The molecule has 5 rings (SSSR count). The first kappa shape index (κ1) is 27.6. The van der Waals surface area contributed by atoms with Crippen LogP contribution in [0.25, 0.3) is 10.9 Å². The molecule has 0 atom stereocenters. The number of anilines is 2. The summed E-state index contributed by atoms with van der Waals surface area (Å²) in [7, 11) is 3.15. The molecular formula is C29H29ClN4O6. The average Bonchev–Trinajstić information content (AvgIpc) is 3.47. The van der Waals surface area contributed by atoms with Crippen LogP contribution in [0.1, 0.15) is 17.5 Å². The molecular weight excluding hydrogens is 536 g/mol. The average molecular weight is 565 g/mol. The van der Waals surface area contributed by atoms with E-state index in [1.165, 1.54) is 6.20 Å². The number of pyridine rings is 1. The van der Waals surface area contributed by atoms with Crippen LogP contribution in [0.5, 0.6) is 23.0 Å². The third-order valence-electron chi connectivity index (χ3n) is 6.54. The molecule has 1 aromatic heterocycles. The van der Waals surface area contributed by atoms with Crippen molar-refractivity contribution in [2.45, 2.75) is 6.42 Å². The van der Waals surface area contributed by atoms with Crippen molar-refractivity contribution >= 4 is 33.9 Å². The van der Waals surface area contributed by atoms with Gasteiger partial charge >= 0.3 is 0 Å². The minimum absolute atomic E-state index is 0.0194. The van der Waals surface area contributed by atoms with Crippen LogP contribution in [0.3, 0.4) is 0 Å². The molecule has 0 bridgehead atoms. The van der Waals surface area contributed by atoms with Gasteiger partial charge in [-0.15, -0.1) is 0 Å². The van der Waals surface area contributed by atoms with Gasteiger partial charge in [-0.25, -0.2) is 0 Å². The highest BCUT2D eigenvalue weighted by Gasteiger charge is 2.26. The predicted octanol–water partition coefficient (Wildman–Crippen LogP) is 4.34. The Hall–Kier alpha value is -3.93. The molecule has 11 heteroatoms. The number of hydrogen-bond acceptors (Lipinski definition) is 10. The zero-order valence-corrected chi connectivity index (χ0v) is 23.1. The van der Waals surface area contributed by atoms with E-state index < -0.39 is 0 Å². The van der Waals surface area contributed by atoms with Gasteiger partial charge in [-0.1, -0.05) is 23.4 Å². The fraction of sp³-hybridized carbons (Fsp3) is 0.379. The van der Waals surface area contributed by atoms with E-state index in [0.717, 1.165) is 39.3 Å². The smallest absolute Gasteiger partial charge is 0.231 e. The van der Waals surface area contributed by atoms with Crippen molar-refractivity contribution in [1.29, 1.82) is 5.26 Å². The molecule has 0 unspecified atom stereocenters. The first-order chi connectivity index (χ1) is 19.6. The molecule has 0 radical (unpaired) electrons. The molecule has 208 valence electrons. The number of benzene rings is 2. The van der Waals surface area contributed by atoms with Gasteiger partial charge in [0.2, 0.25) is 6.79 Å². The molecule has 2 aliphatic rings. The number of aromatic nitrogens is 1. The Bertz CT molecular complexity index is 1490. The van der Waals surface area contributed by atoms with Gasteiger partial charge in [0.1, 0.15) is 18.4 Å². The Morgan fingerprint density at radius 2 is 1.90 bits per heavy atom. The van der Waals surface area contributed by atoms with Gasteiger partial charge in [0.15, 0.2) is 23.0 Å². The first-order valence-corrected chi connectivity index (χ1v) is 13.2. The van der Waals surface area contributed by atoms with Crippen molar-refractivity contribution in [2.75, 3.05) is 72.4 Å². The third-order valence-corrected chi connectivity index (χ3v) is 6.84. The maximum Gasteiger partial charge on any atom is 0.231 e.